The van der Waals surface area contributed by atoms with Crippen molar-refractivity contribution in [2.24, 2.45) is 0 Å². The van der Waals surface area contributed by atoms with E-state index in [1.807, 2.05) is 19.1 Å². The SMILES string of the molecule is CCCc1sc2nc(SCc3ccc(F)cc3)n(-c3ccc(Cl)cc3)c(=O)c2c1C. The second kappa shape index (κ2) is 8.92. The molecule has 0 spiro atoms. The van der Waals surface area contributed by atoms with Gasteiger partial charge in [0.15, 0.2) is 5.16 Å². The summed E-state index contributed by atoms with van der Waals surface area (Å²) in [5, 5.41) is 1.91. The van der Waals surface area contributed by atoms with Gasteiger partial charge in [-0.15, -0.1) is 11.3 Å². The third kappa shape index (κ3) is 4.17. The largest absolute Gasteiger partial charge is 0.268 e. The number of benzene rings is 2. The maximum atomic E-state index is 13.6. The van der Waals surface area contributed by atoms with Gasteiger partial charge in [-0.1, -0.05) is 48.8 Å². The zero-order valence-corrected chi connectivity index (χ0v) is 19.0. The van der Waals surface area contributed by atoms with Crippen LogP contribution in [0.4, 0.5) is 4.39 Å². The fourth-order valence-corrected chi connectivity index (χ4v) is 5.73. The Morgan fingerprint density at radius 1 is 1.13 bits per heavy atom. The number of aryl methyl sites for hydroxylation is 2. The fourth-order valence-electron chi connectivity index (χ4n) is 3.32. The molecule has 0 atom stereocenters. The van der Waals surface area contributed by atoms with Crippen LogP contribution in [0.1, 0.15) is 29.3 Å². The van der Waals surface area contributed by atoms with Gasteiger partial charge in [0.25, 0.3) is 5.56 Å². The predicted molar refractivity (Wildman–Crippen MR) is 125 cm³/mol. The van der Waals surface area contributed by atoms with Crippen molar-refractivity contribution < 1.29 is 4.39 Å². The number of thiophene rings is 1. The number of halogens is 2. The Kier molecular flexibility index (Phi) is 6.27. The van der Waals surface area contributed by atoms with Crippen LogP contribution in [0.2, 0.25) is 5.02 Å². The minimum absolute atomic E-state index is 0.0694. The molecule has 0 radical (unpaired) electrons. The zero-order chi connectivity index (χ0) is 21.3. The highest BCUT2D eigenvalue weighted by Crippen LogP contribution is 2.32. The zero-order valence-electron chi connectivity index (χ0n) is 16.6. The molecule has 0 fully saturated rings. The maximum absolute atomic E-state index is 13.6. The van der Waals surface area contributed by atoms with Crippen molar-refractivity contribution >= 4 is 44.9 Å². The Hall–Kier alpha value is -2.15. The van der Waals surface area contributed by atoms with Crippen LogP contribution in [0.25, 0.3) is 15.9 Å². The number of hydrogen-bond acceptors (Lipinski definition) is 4. The fraction of sp³-hybridized carbons (Fsp3) is 0.217. The van der Waals surface area contributed by atoms with Crippen LogP contribution >= 0.6 is 34.7 Å². The molecule has 4 aromatic rings. The smallest absolute Gasteiger partial charge is 0.267 e. The van der Waals surface area contributed by atoms with Crippen LogP contribution in [0, 0.1) is 12.7 Å². The van der Waals surface area contributed by atoms with Crippen molar-refractivity contribution in [1.29, 1.82) is 0 Å². The molecular weight excluding hydrogens is 439 g/mol. The average molecular weight is 459 g/mol. The van der Waals surface area contributed by atoms with E-state index >= 15 is 0 Å². The van der Waals surface area contributed by atoms with Gasteiger partial charge in [0, 0.05) is 15.7 Å². The molecule has 3 nitrogen and oxygen atoms in total. The van der Waals surface area contributed by atoms with E-state index in [0.717, 1.165) is 34.5 Å². The molecule has 0 amide bonds. The Labute approximate surface area is 187 Å². The summed E-state index contributed by atoms with van der Waals surface area (Å²) in [5.74, 6) is 0.316. The molecule has 0 aliphatic rings. The highest BCUT2D eigenvalue weighted by Gasteiger charge is 2.19. The highest BCUT2D eigenvalue weighted by atomic mass is 35.5. The molecule has 0 aliphatic carbocycles. The standard InChI is InChI=1S/C23H20ClFN2OS2/c1-3-4-19-14(2)20-21(30-19)26-23(29-13-15-5-9-17(25)10-6-15)27(22(20)28)18-11-7-16(24)8-12-18/h5-12H,3-4,13H2,1-2H3. The lowest BCUT2D eigenvalue weighted by atomic mass is 10.1. The number of aromatic nitrogens is 2. The first-order valence-electron chi connectivity index (χ1n) is 9.66. The van der Waals surface area contributed by atoms with Gasteiger partial charge in [0.1, 0.15) is 10.6 Å². The monoisotopic (exact) mass is 458 g/mol. The van der Waals surface area contributed by atoms with Gasteiger partial charge >= 0.3 is 0 Å². The Bertz CT molecular complexity index is 1250. The number of fused-ring (bicyclic) bond motifs is 1. The highest BCUT2D eigenvalue weighted by molar-refractivity contribution is 7.98. The van der Waals surface area contributed by atoms with Gasteiger partial charge in [-0.05, 0) is 60.9 Å². The average Bonchev–Trinajstić information content (AvgIpc) is 3.04. The van der Waals surface area contributed by atoms with Crippen LogP contribution in [0.3, 0.4) is 0 Å². The van der Waals surface area contributed by atoms with Gasteiger partial charge in [-0.25, -0.2) is 9.37 Å². The summed E-state index contributed by atoms with van der Waals surface area (Å²) in [4.78, 5) is 20.4. The van der Waals surface area contributed by atoms with Crippen LogP contribution < -0.4 is 5.56 Å². The Morgan fingerprint density at radius 2 is 1.83 bits per heavy atom. The summed E-state index contributed by atoms with van der Waals surface area (Å²) < 4.78 is 14.9. The molecule has 2 aromatic carbocycles. The molecule has 0 saturated carbocycles. The molecule has 0 unspecified atom stereocenters. The van der Waals surface area contributed by atoms with E-state index in [9.17, 15) is 9.18 Å². The number of nitrogens with zero attached hydrogens (tertiary/aromatic N) is 2. The van der Waals surface area contributed by atoms with Gasteiger partial charge in [-0.2, -0.15) is 0 Å². The van der Waals surface area contributed by atoms with Crippen LogP contribution in [0.15, 0.2) is 58.5 Å². The van der Waals surface area contributed by atoms with Crippen LogP contribution in [-0.4, -0.2) is 9.55 Å². The summed E-state index contributed by atoms with van der Waals surface area (Å²) >= 11 is 9.12. The molecule has 0 aliphatic heterocycles. The van der Waals surface area contributed by atoms with E-state index in [1.165, 1.54) is 28.8 Å². The number of rotatable bonds is 6. The molecule has 30 heavy (non-hydrogen) atoms. The predicted octanol–water partition coefficient (Wildman–Crippen LogP) is 6.79. The molecule has 7 heteroatoms. The van der Waals surface area contributed by atoms with Crippen molar-refractivity contribution in [3.63, 3.8) is 0 Å². The van der Waals surface area contributed by atoms with Crippen molar-refractivity contribution in [1.82, 2.24) is 9.55 Å². The first-order valence-corrected chi connectivity index (χ1v) is 11.8. The van der Waals surface area contributed by atoms with E-state index < -0.39 is 0 Å². The molecule has 2 heterocycles. The quantitative estimate of drug-likeness (QED) is 0.235. The topological polar surface area (TPSA) is 34.9 Å². The minimum atomic E-state index is -0.265. The Balaban J connectivity index is 1.85. The normalized spacial score (nSPS) is 11.3. The van der Waals surface area contributed by atoms with E-state index in [2.05, 4.69) is 6.92 Å². The van der Waals surface area contributed by atoms with E-state index in [0.29, 0.717) is 21.3 Å². The molecular formula is C23H20ClFN2OS2. The summed E-state index contributed by atoms with van der Waals surface area (Å²) in [6.45, 7) is 4.14. The third-order valence-corrected chi connectivity index (χ3v) is 7.38. The first-order chi connectivity index (χ1) is 14.5. The van der Waals surface area contributed by atoms with Crippen molar-refractivity contribution in [3.05, 3.63) is 85.7 Å². The summed E-state index contributed by atoms with van der Waals surface area (Å²) in [7, 11) is 0. The van der Waals surface area contributed by atoms with Crippen molar-refractivity contribution in [2.75, 3.05) is 0 Å². The lowest BCUT2D eigenvalue weighted by Crippen LogP contribution is -2.21. The molecule has 0 bridgehead atoms. The van der Waals surface area contributed by atoms with E-state index in [-0.39, 0.29) is 11.4 Å². The van der Waals surface area contributed by atoms with Gasteiger partial charge in [0.2, 0.25) is 0 Å². The van der Waals surface area contributed by atoms with Crippen molar-refractivity contribution in [2.45, 2.75) is 37.6 Å². The number of hydrogen-bond donors (Lipinski definition) is 0. The second-order valence-corrected chi connectivity index (χ2v) is 9.47. The minimum Gasteiger partial charge on any atom is -0.268 e. The third-order valence-electron chi connectivity index (χ3n) is 4.88. The van der Waals surface area contributed by atoms with E-state index in [1.54, 1.807) is 40.2 Å². The lowest BCUT2D eigenvalue weighted by Gasteiger charge is -2.12. The molecule has 2 aromatic heterocycles. The van der Waals surface area contributed by atoms with E-state index in [4.69, 9.17) is 16.6 Å². The molecule has 154 valence electrons. The molecule has 0 N–H and O–H groups in total. The first kappa shape index (κ1) is 21.1. The summed E-state index contributed by atoms with van der Waals surface area (Å²) in [6.07, 6.45) is 1.95. The summed E-state index contributed by atoms with van der Waals surface area (Å²) in [6, 6.07) is 13.6. The lowest BCUT2D eigenvalue weighted by molar-refractivity contribution is 0.627. The van der Waals surface area contributed by atoms with Gasteiger partial charge < -0.3 is 0 Å². The Morgan fingerprint density at radius 3 is 2.50 bits per heavy atom. The molecule has 0 saturated heterocycles. The van der Waals surface area contributed by atoms with Crippen LogP contribution in [-0.2, 0) is 12.2 Å². The van der Waals surface area contributed by atoms with Gasteiger partial charge in [-0.3, -0.25) is 9.36 Å². The van der Waals surface area contributed by atoms with Gasteiger partial charge in [0.05, 0.1) is 11.1 Å². The number of thioether (sulfide) groups is 1. The van der Waals surface area contributed by atoms with Crippen LogP contribution in [0.5, 0.6) is 0 Å². The molecule has 4 rings (SSSR count). The summed E-state index contributed by atoms with van der Waals surface area (Å²) in [5.41, 5.74) is 2.64. The van der Waals surface area contributed by atoms with Crippen molar-refractivity contribution in [3.8, 4) is 5.69 Å². The second-order valence-electron chi connectivity index (χ2n) is 7.01. The maximum Gasteiger partial charge on any atom is 0.267 e.